The molecule has 3 heterocycles. The van der Waals surface area contributed by atoms with Crippen molar-refractivity contribution in [3.63, 3.8) is 0 Å². The predicted octanol–water partition coefficient (Wildman–Crippen LogP) is 1.35. The summed E-state index contributed by atoms with van der Waals surface area (Å²) in [7, 11) is 0. The van der Waals surface area contributed by atoms with E-state index in [1.54, 1.807) is 42.2 Å². The van der Waals surface area contributed by atoms with Gasteiger partial charge in [-0.15, -0.1) is 0 Å². The first-order valence-electron chi connectivity index (χ1n) is 7.04. The summed E-state index contributed by atoms with van der Waals surface area (Å²) in [6, 6.07) is 5.14. The monoisotopic (exact) mass is 300 g/mol. The number of nitrogens with zero attached hydrogens (tertiary/aromatic N) is 4. The summed E-state index contributed by atoms with van der Waals surface area (Å²) in [6.45, 7) is 2.01. The van der Waals surface area contributed by atoms with Crippen molar-refractivity contribution in [3.05, 3.63) is 42.5 Å². The molecule has 3 rings (SSSR count). The van der Waals surface area contributed by atoms with Gasteiger partial charge < -0.3 is 10.0 Å². The molecule has 0 aliphatic carbocycles. The zero-order valence-corrected chi connectivity index (χ0v) is 12.1. The molecule has 2 aromatic rings. The van der Waals surface area contributed by atoms with E-state index in [0.717, 1.165) is 0 Å². The van der Waals surface area contributed by atoms with Crippen molar-refractivity contribution in [2.24, 2.45) is 0 Å². The molecule has 7 nitrogen and oxygen atoms in total. The summed E-state index contributed by atoms with van der Waals surface area (Å²) in [5.41, 5.74) is -0.234. The van der Waals surface area contributed by atoms with Gasteiger partial charge >= 0.3 is 5.97 Å². The summed E-state index contributed by atoms with van der Waals surface area (Å²) in [5, 5.41) is 13.5. The van der Waals surface area contributed by atoms with Gasteiger partial charge in [0.15, 0.2) is 0 Å². The van der Waals surface area contributed by atoms with Crippen molar-refractivity contribution in [2.75, 3.05) is 6.54 Å². The normalized spacial score (nSPS) is 21.0. The van der Waals surface area contributed by atoms with Crippen LogP contribution in [-0.2, 0) is 4.79 Å². The molecule has 1 aliphatic rings. The number of carbonyl (C=O) groups is 2. The molecule has 22 heavy (non-hydrogen) atoms. The van der Waals surface area contributed by atoms with Gasteiger partial charge in [-0.2, -0.15) is 5.10 Å². The average Bonchev–Trinajstić information content (AvgIpc) is 3.17. The van der Waals surface area contributed by atoms with Crippen LogP contribution in [0.2, 0.25) is 0 Å². The number of hydrogen-bond acceptors (Lipinski definition) is 4. The van der Waals surface area contributed by atoms with Crippen LogP contribution in [0.4, 0.5) is 0 Å². The van der Waals surface area contributed by atoms with Gasteiger partial charge in [-0.1, -0.05) is 0 Å². The number of aliphatic carboxylic acids is 1. The number of carbonyl (C=O) groups excluding carboxylic acids is 1. The number of hydrogen-bond donors (Lipinski definition) is 1. The van der Waals surface area contributed by atoms with Gasteiger partial charge in [-0.3, -0.25) is 9.78 Å². The first kappa shape index (κ1) is 14.2. The first-order valence-corrected chi connectivity index (χ1v) is 7.04. The zero-order chi connectivity index (χ0) is 15.7. The predicted molar refractivity (Wildman–Crippen MR) is 77.7 cm³/mol. The number of aromatic nitrogens is 3. The summed E-state index contributed by atoms with van der Waals surface area (Å²) in [6.07, 6.45) is 6.06. The van der Waals surface area contributed by atoms with E-state index in [0.29, 0.717) is 25.1 Å². The maximum absolute atomic E-state index is 12.7. The molecule has 0 aromatic carbocycles. The largest absolute Gasteiger partial charge is 0.480 e. The lowest BCUT2D eigenvalue weighted by Gasteiger charge is -2.30. The fourth-order valence-electron chi connectivity index (χ4n) is 2.75. The molecular formula is C15H16N4O3. The van der Waals surface area contributed by atoms with E-state index in [1.807, 2.05) is 0 Å². The minimum absolute atomic E-state index is 0.224. The topological polar surface area (TPSA) is 88.3 Å². The standard InChI is InChI=1S/C15H16N4O3/c1-15(14(21)22)5-2-8-18(15)13(20)12-10-11(4-7-16-12)19-9-3-6-17-19/h3-4,6-7,9-10H,2,5,8H2,1H3,(H,21,22). The molecule has 0 spiro atoms. The highest BCUT2D eigenvalue weighted by atomic mass is 16.4. The fraction of sp³-hybridized carbons (Fsp3) is 0.333. The number of carboxylic acid groups (broad SMARTS) is 1. The number of rotatable bonds is 3. The number of amides is 1. The minimum Gasteiger partial charge on any atom is -0.480 e. The van der Waals surface area contributed by atoms with Crippen molar-refractivity contribution in [2.45, 2.75) is 25.3 Å². The van der Waals surface area contributed by atoms with Crippen LogP contribution >= 0.6 is 0 Å². The van der Waals surface area contributed by atoms with E-state index in [2.05, 4.69) is 10.1 Å². The second kappa shape index (κ2) is 5.25. The second-order valence-corrected chi connectivity index (χ2v) is 5.49. The lowest BCUT2D eigenvalue weighted by Crippen LogP contribution is -2.51. The van der Waals surface area contributed by atoms with Crippen LogP contribution < -0.4 is 0 Å². The number of likely N-dealkylation sites (tertiary alicyclic amines) is 1. The van der Waals surface area contributed by atoms with E-state index < -0.39 is 11.5 Å². The first-order chi connectivity index (χ1) is 10.5. The zero-order valence-electron chi connectivity index (χ0n) is 12.1. The van der Waals surface area contributed by atoms with Gasteiger partial charge in [0.05, 0.1) is 5.69 Å². The minimum atomic E-state index is -1.17. The van der Waals surface area contributed by atoms with E-state index in [4.69, 9.17) is 0 Å². The lowest BCUT2D eigenvalue weighted by molar-refractivity contribution is -0.147. The van der Waals surface area contributed by atoms with Crippen LogP contribution in [0.1, 0.15) is 30.3 Å². The highest BCUT2D eigenvalue weighted by Crippen LogP contribution is 2.30. The molecule has 1 N–H and O–H groups in total. The molecule has 0 saturated carbocycles. The maximum Gasteiger partial charge on any atom is 0.329 e. The van der Waals surface area contributed by atoms with Crippen LogP contribution in [-0.4, -0.2) is 48.7 Å². The Kier molecular flexibility index (Phi) is 3.40. The van der Waals surface area contributed by atoms with E-state index >= 15 is 0 Å². The summed E-state index contributed by atoms with van der Waals surface area (Å²) in [4.78, 5) is 29.6. The van der Waals surface area contributed by atoms with Gasteiger partial charge in [-0.25, -0.2) is 9.48 Å². The summed E-state index contributed by atoms with van der Waals surface area (Å²) < 4.78 is 1.62. The molecule has 1 fully saturated rings. The molecule has 114 valence electrons. The Morgan fingerprint density at radius 2 is 2.18 bits per heavy atom. The van der Waals surface area contributed by atoms with Crippen molar-refractivity contribution in [1.82, 2.24) is 19.7 Å². The van der Waals surface area contributed by atoms with E-state index in [-0.39, 0.29) is 11.6 Å². The Labute approximate surface area is 127 Å². The molecule has 7 heteroatoms. The van der Waals surface area contributed by atoms with Crippen molar-refractivity contribution >= 4 is 11.9 Å². The number of carboxylic acids is 1. The average molecular weight is 300 g/mol. The highest BCUT2D eigenvalue weighted by molar-refractivity contribution is 5.97. The Bertz CT molecular complexity index is 713. The van der Waals surface area contributed by atoms with Gasteiger partial charge in [0.1, 0.15) is 11.2 Å². The van der Waals surface area contributed by atoms with Crippen LogP contribution in [0, 0.1) is 0 Å². The van der Waals surface area contributed by atoms with Gasteiger partial charge in [-0.05, 0) is 38.0 Å². The maximum atomic E-state index is 12.7. The second-order valence-electron chi connectivity index (χ2n) is 5.49. The van der Waals surface area contributed by atoms with E-state index in [1.165, 1.54) is 11.1 Å². The third-order valence-corrected chi connectivity index (χ3v) is 4.08. The van der Waals surface area contributed by atoms with Crippen molar-refractivity contribution in [3.8, 4) is 5.69 Å². The Balaban J connectivity index is 1.93. The molecule has 2 aromatic heterocycles. The molecule has 0 radical (unpaired) electrons. The quantitative estimate of drug-likeness (QED) is 0.924. The Hall–Kier alpha value is -2.70. The van der Waals surface area contributed by atoms with Crippen LogP contribution in [0.15, 0.2) is 36.8 Å². The Morgan fingerprint density at radius 1 is 1.36 bits per heavy atom. The molecule has 0 bridgehead atoms. The van der Waals surface area contributed by atoms with Gasteiger partial charge in [0, 0.05) is 25.1 Å². The van der Waals surface area contributed by atoms with Crippen molar-refractivity contribution in [1.29, 1.82) is 0 Å². The molecule has 1 saturated heterocycles. The van der Waals surface area contributed by atoms with Gasteiger partial charge in [0.25, 0.3) is 5.91 Å². The SMILES string of the molecule is CC1(C(=O)O)CCCN1C(=O)c1cc(-n2cccn2)ccn1. The van der Waals surface area contributed by atoms with Crippen molar-refractivity contribution < 1.29 is 14.7 Å². The third-order valence-electron chi connectivity index (χ3n) is 4.08. The smallest absolute Gasteiger partial charge is 0.329 e. The molecule has 1 atom stereocenters. The fourth-order valence-corrected chi connectivity index (χ4v) is 2.75. The van der Waals surface area contributed by atoms with Crippen LogP contribution in [0.5, 0.6) is 0 Å². The number of pyridine rings is 1. The summed E-state index contributed by atoms with van der Waals surface area (Å²) in [5.74, 6) is -1.35. The molecule has 1 amide bonds. The lowest BCUT2D eigenvalue weighted by atomic mass is 9.99. The third kappa shape index (κ3) is 2.24. The highest BCUT2D eigenvalue weighted by Gasteiger charge is 2.46. The van der Waals surface area contributed by atoms with Crippen LogP contribution in [0.3, 0.4) is 0 Å². The molecule has 1 unspecified atom stereocenters. The Morgan fingerprint density at radius 3 is 2.86 bits per heavy atom. The van der Waals surface area contributed by atoms with E-state index in [9.17, 15) is 14.7 Å². The van der Waals surface area contributed by atoms with Gasteiger partial charge in [0.2, 0.25) is 0 Å². The van der Waals surface area contributed by atoms with Crippen LogP contribution in [0.25, 0.3) is 5.69 Å². The summed E-state index contributed by atoms with van der Waals surface area (Å²) >= 11 is 0. The molecular weight excluding hydrogens is 284 g/mol. The molecule has 1 aliphatic heterocycles.